The van der Waals surface area contributed by atoms with E-state index in [1.165, 1.54) is 0 Å². The minimum absolute atomic E-state index is 0.437. The van der Waals surface area contributed by atoms with Gasteiger partial charge in [-0.15, -0.1) is 0 Å². The van der Waals surface area contributed by atoms with Crippen molar-refractivity contribution in [1.82, 2.24) is 5.48 Å². The normalized spacial score (nSPS) is 21.3. The first-order chi connectivity index (χ1) is 10.6. The molecule has 22 heavy (non-hydrogen) atoms. The summed E-state index contributed by atoms with van der Waals surface area (Å²) >= 11 is 0. The molecule has 0 spiro atoms. The van der Waals surface area contributed by atoms with E-state index in [0.29, 0.717) is 12.0 Å². The Morgan fingerprint density at radius 3 is 2.68 bits per heavy atom. The van der Waals surface area contributed by atoms with Crippen LogP contribution in [0.3, 0.4) is 0 Å². The topological polar surface area (TPSA) is 49.3 Å². The van der Waals surface area contributed by atoms with Crippen LogP contribution in [0.4, 0.5) is 0 Å². The molecule has 0 radical (unpaired) electrons. The number of rotatable bonds is 5. The van der Waals surface area contributed by atoms with Gasteiger partial charge >= 0.3 is 0 Å². The Hall–Kier alpha value is -2.39. The van der Waals surface area contributed by atoms with Gasteiger partial charge in [0.05, 0.1) is 5.41 Å². The Labute approximate surface area is 131 Å². The molecule has 2 rings (SSSR count). The molecule has 1 atom stereocenters. The molecule has 1 aromatic carbocycles. The number of hydroxylamine groups is 1. The summed E-state index contributed by atoms with van der Waals surface area (Å²) in [5, 5.41) is 9.13. The maximum atomic E-state index is 12.3. The zero-order valence-corrected chi connectivity index (χ0v) is 12.8. The summed E-state index contributed by atoms with van der Waals surface area (Å²) in [6.07, 6.45) is 10.8. The lowest BCUT2D eigenvalue weighted by molar-refractivity contribution is -0.135. The van der Waals surface area contributed by atoms with Gasteiger partial charge in [0, 0.05) is 0 Å². The molecule has 1 aromatic rings. The van der Waals surface area contributed by atoms with E-state index >= 15 is 0 Å². The van der Waals surface area contributed by atoms with Gasteiger partial charge in [-0.05, 0) is 36.5 Å². The van der Waals surface area contributed by atoms with Crippen LogP contribution < -0.4 is 5.48 Å². The predicted molar refractivity (Wildman–Crippen MR) is 89.1 cm³/mol. The third-order valence-electron chi connectivity index (χ3n) is 4.03. The van der Waals surface area contributed by atoms with Crippen LogP contribution in [0.25, 0.3) is 5.57 Å². The zero-order chi connectivity index (χ0) is 16.0. The second kappa shape index (κ2) is 7.05. The molecule has 0 heterocycles. The van der Waals surface area contributed by atoms with Crippen molar-refractivity contribution in [2.45, 2.75) is 19.8 Å². The van der Waals surface area contributed by atoms with Gasteiger partial charge in [0.15, 0.2) is 0 Å². The minimum atomic E-state index is -0.891. The molecular formula is C19H21NO2. The molecule has 0 aromatic heterocycles. The molecule has 3 nitrogen and oxygen atoms in total. The maximum Gasteiger partial charge on any atom is 0.257 e. The summed E-state index contributed by atoms with van der Waals surface area (Å²) in [5.74, 6) is -0.437. The molecule has 0 bridgehead atoms. The van der Waals surface area contributed by atoms with E-state index < -0.39 is 11.3 Å². The number of amides is 1. The number of hydrogen-bond donors (Lipinski definition) is 2. The Morgan fingerprint density at radius 2 is 2.05 bits per heavy atom. The van der Waals surface area contributed by atoms with E-state index in [2.05, 4.69) is 6.58 Å². The van der Waals surface area contributed by atoms with Gasteiger partial charge < -0.3 is 0 Å². The smallest absolute Gasteiger partial charge is 0.257 e. The average molecular weight is 295 g/mol. The van der Waals surface area contributed by atoms with Gasteiger partial charge in [-0.2, -0.15) is 0 Å². The van der Waals surface area contributed by atoms with Crippen LogP contribution in [0.2, 0.25) is 0 Å². The van der Waals surface area contributed by atoms with Crippen molar-refractivity contribution in [2.75, 3.05) is 0 Å². The zero-order valence-electron chi connectivity index (χ0n) is 12.8. The lowest BCUT2D eigenvalue weighted by Crippen LogP contribution is -2.37. The highest BCUT2D eigenvalue weighted by molar-refractivity contribution is 5.92. The van der Waals surface area contributed by atoms with Crippen LogP contribution in [0, 0.1) is 5.41 Å². The maximum absolute atomic E-state index is 12.3. The molecule has 1 aliphatic carbocycles. The molecule has 0 aliphatic heterocycles. The highest BCUT2D eigenvalue weighted by Gasteiger charge is 2.42. The van der Waals surface area contributed by atoms with E-state index in [0.717, 1.165) is 17.6 Å². The molecular weight excluding hydrogens is 274 g/mol. The number of carbonyl (C=O) groups is 1. The third kappa shape index (κ3) is 3.10. The van der Waals surface area contributed by atoms with Crippen molar-refractivity contribution in [3.8, 4) is 0 Å². The van der Waals surface area contributed by atoms with Crippen LogP contribution in [-0.4, -0.2) is 11.1 Å². The summed E-state index contributed by atoms with van der Waals surface area (Å²) in [6, 6.07) is 9.96. The van der Waals surface area contributed by atoms with Crippen molar-refractivity contribution in [2.24, 2.45) is 5.41 Å². The Balaban J connectivity index is 2.38. The molecule has 2 N–H and O–H groups in total. The van der Waals surface area contributed by atoms with E-state index in [1.807, 2.05) is 67.6 Å². The van der Waals surface area contributed by atoms with Gasteiger partial charge in [0.2, 0.25) is 0 Å². The van der Waals surface area contributed by atoms with E-state index in [-0.39, 0.29) is 0 Å². The van der Waals surface area contributed by atoms with Crippen molar-refractivity contribution in [3.05, 3.63) is 78.4 Å². The highest BCUT2D eigenvalue weighted by Crippen LogP contribution is 2.45. The summed E-state index contributed by atoms with van der Waals surface area (Å²) < 4.78 is 0. The van der Waals surface area contributed by atoms with Gasteiger partial charge in [0.25, 0.3) is 5.91 Å². The number of benzene rings is 1. The second-order valence-electron chi connectivity index (χ2n) is 5.36. The number of hydrogen-bond acceptors (Lipinski definition) is 2. The molecule has 0 unspecified atom stereocenters. The Kier molecular flexibility index (Phi) is 5.12. The fraction of sp³-hybridized carbons (Fsp3) is 0.211. The largest absolute Gasteiger partial charge is 0.289 e. The second-order valence-corrected chi connectivity index (χ2v) is 5.36. The first kappa shape index (κ1) is 16.0. The number of carbonyl (C=O) groups excluding carboxylic acids is 1. The van der Waals surface area contributed by atoms with Crippen LogP contribution in [0.5, 0.6) is 0 Å². The van der Waals surface area contributed by atoms with Crippen molar-refractivity contribution in [1.29, 1.82) is 0 Å². The van der Waals surface area contributed by atoms with E-state index in [9.17, 15) is 4.79 Å². The van der Waals surface area contributed by atoms with Crippen molar-refractivity contribution in [3.63, 3.8) is 0 Å². The van der Waals surface area contributed by atoms with Gasteiger partial charge in [-0.3, -0.25) is 10.0 Å². The quantitative estimate of drug-likeness (QED) is 0.489. The third-order valence-corrected chi connectivity index (χ3v) is 4.03. The molecule has 114 valence electrons. The fourth-order valence-corrected chi connectivity index (χ4v) is 2.76. The first-order valence-electron chi connectivity index (χ1n) is 7.34. The number of allylic oxidation sites excluding steroid dienone is 5. The van der Waals surface area contributed by atoms with Crippen LogP contribution in [-0.2, 0) is 4.79 Å². The fourth-order valence-electron chi connectivity index (χ4n) is 2.76. The molecule has 1 aliphatic rings. The SMILES string of the molecule is C=C(/C=C\C=C/C)[C@]1(C(=O)NO)C=C(c2ccccc2)CC1. The van der Waals surface area contributed by atoms with Gasteiger partial charge in [0.1, 0.15) is 0 Å². The lowest BCUT2D eigenvalue weighted by atomic mass is 9.79. The summed E-state index contributed by atoms with van der Waals surface area (Å²) in [7, 11) is 0. The van der Waals surface area contributed by atoms with Crippen molar-refractivity contribution >= 4 is 11.5 Å². The molecule has 3 heteroatoms. The first-order valence-corrected chi connectivity index (χ1v) is 7.34. The van der Waals surface area contributed by atoms with Crippen LogP contribution >= 0.6 is 0 Å². The van der Waals surface area contributed by atoms with E-state index in [1.54, 1.807) is 5.48 Å². The molecule has 0 saturated heterocycles. The van der Waals surface area contributed by atoms with Gasteiger partial charge in [-0.1, -0.05) is 67.3 Å². The predicted octanol–water partition coefficient (Wildman–Crippen LogP) is 4.04. The summed E-state index contributed by atoms with van der Waals surface area (Å²) in [5.41, 5.74) is 3.77. The standard InChI is InChI=1S/C19H21NO2/c1-3-4-6-9-15(2)19(18(21)20-22)13-12-17(14-19)16-10-7-5-8-11-16/h3-11,14,22H,2,12-13H2,1H3,(H,20,21)/b4-3-,9-6-/t19-/m1/s1. The Bertz CT molecular complexity index is 641. The van der Waals surface area contributed by atoms with Crippen molar-refractivity contribution < 1.29 is 10.0 Å². The monoisotopic (exact) mass is 295 g/mol. The van der Waals surface area contributed by atoms with E-state index in [4.69, 9.17) is 5.21 Å². The minimum Gasteiger partial charge on any atom is -0.289 e. The Morgan fingerprint density at radius 1 is 1.32 bits per heavy atom. The highest BCUT2D eigenvalue weighted by atomic mass is 16.5. The van der Waals surface area contributed by atoms with Crippen LogP contribution in [0.1, 0.15) is 25.3 Å². The number of nitrogens with one attached hydrogen (secondary N) is 1. The van der Waals surface area contributed by atoms with Crippen LogP contribution in [0.15, 0.2) is 72.9 Å². The van der Waals surface area contributed by atoms with Gasteiger partial charge in [-0.25, -0.2) is 5.48 Å². The summed E-state index contributed by atoms with van der Waals surface area (Å²) in [4.78, 5) is 12.3. The molecule has 1 amide bonds. The summed E-state index contributed by atoms with van der Waals surface area (Å²) in [6.45, 7) is 5.96. The average Bonchev–Trinajstić information content (AvgIpc) is 3.01. The molecule has 0 fully saturated rings. The molecule has 0 saturated carbocycles. The lowest BCUT2D eigenvalue weighted by Gasteiger charge is -2.25.